The molecule has 1 aromatic heterocycles. The van der Waals surface area contributed by atoms with Crippen LogP contribution in [0.15, 0.2) is 12.5 Å². The Morgan fingerprint density at radius 2 is 2.32 bits per heavy atom. The van der Waals surface area contributed by atoms with Gasteiger partial charge in [0.05, 0.1) is 24.7 Å². The van der Waals surface area contributed by atoms with Crippen LogP contribution in [0.2, 0.25) is 0 Å². The Labute approximate surface area is 115 Å². The van der Waals surface area contributed by atoms with E-state index in [1.807, 2.05) is 12.5 Å². The minimum atomic E-state index is 0.0648. The highest BCUT2D eigenvalue weighted by Gasteiger charge is 2.31. The van der Waals surface area contributed by atoms with Gasteiger partial charge in [-0.3, -0.25) is 0 Å². The van der Waals surface area contributed by atoms with Gasteiger partial charge in [-0.15, -0.1) is 0 Å². The molecule has 106 valence electrons. The summed E-state index contributed by atoms with van der Waals surface area (Å²) in [6, 6.07) is 0.0648. The molecule has 1 aliphatic carbocycles. The maximum Gasteiger partial charge on any atom is 0.0948 e. The zero-order chi connectivity index (χ0) is 13.3. The van der Waals surface area contributed by atoms with Crippen LogP contribution in [0.5, 0.6) is 0 Å². The molecule has 4 nitrogen and oxygen atoms in total. The van der Waals surface area contributed by atoms with Gasteiger partial charge in [-0.05, 0) is 24.7 Å². The van der Waals surface area contributed by atoms with Crippen LogP contribution in [-0.4, -0.2) is 22.8 Å². The zero-order valence-electron chi connectivity index (χ0n) is 11.8. The summed E-state index contributed by atoms with van der Waals surface area (Å²) in [5.74, 6) is 0.451. The van der Waals surface area contributed by atoms with Gasteiger partial charge in [0.15, 0.2) is 0 Å². The number of aromatic nitrogens is 2. The molecule has 3 rings (SSSR count). The molecule has 2 heterocycles. The monoisotopic (exact) mass is 263 g/mol. The fraction of sp³-hybridized carbons (Fsp3) is 0.800. The van der Waals surface area contributed by atoms with E-state index in [-0.39, 0.29) is 6.04 Å². The normalized spacial score (nSPS) is 27.8. The molecule has 2 unspecified atom stereocenters. The average molecular weight is 263 g/mol. The van der Waals surface area contributed by atoms with Gasteiger partial charge in [-0.25, -0.2) is 4.98 Å². The molecule has 0 amide bonds. The second kappa shape index (κ2) is 5.25. The van der Waals surface area contributed by atoms with Crippen LogP contribution in [-0.2, 0) is 11.3 Å². The first-order valence-corrected chi connectivity index (χ1v) is 7.51. The first kappa shape index (κ1) is 13.1. The number of hydrogen-bond acceptors (Lipinski definition) is 3. The molecule has 0 aromatic carbocycles. The maximum absolute atomic E-state index is 6.42. The Morgan fingerprint density at radius 3 is 3.00 bits per heavy atom. The summed E-state index contributed by atoms with van der Waals surface area (Å²) in [7, 11) is 0. The number of nitrogens with two attached hydrogens (primary N) is 1. The summed E-state index contributed by atoms with van der Waals surface area (Å²) in [6.07, 6.45) is 10.4. The van der Waals surface area contributed by atoms with Crippen LogP contribution >= 0.6 is 0 Å². The Bertz CT molecular complexity index is 417. The first-order valence-electron chi connectivity index (χ1n) is 7.51. The Kier molecular flexibility index (Phi) is 3.63. The summed E-state index contributed by atoms with van der Waals surface area (Å²) < 4.78 is 7.75. The van der Waals surface area contributed by atoms with Crippen LogP contribution in [0, 0.1) is 11.3 Å². The zero-order valence-corrected chi connectivity index (χ0v) is 11.8. The molecule has 19 heavy (non-hydrogen) atoms. The SMILES string of the molecule is CC1(Cn2cncc2C(N)C2CCOC2)CCCC1. The number of ether oxygens (including phenoxy) is 1. The minimum absolute atomic E-state index is 0.0648. The first-order chi connectivity index (χ1) is 9.18. The van der Waals surface area contributed by atoms with Gasteiger partial charge in [0, 0.05) is 25.3 Å². The Morgan fingerprint density at radius 1 is 1.53 bits per heavy atom. The quantitative estimate of drug-likeness (QED) is 0.908. The van der Waals surface area contributed by atoms with Crippen molar-refractivity contribution in [1.29, 1.82) is 0 Å². The summed E-state index contributed by atoms with van der Waals surface area (Å²) in [4.78, 5) is 4.33. The lowest BCUT2D eigenvalue weighted by Crippen LogP contribution is -2.27. The van der Waals surface area contributed by atoms with Gasteiger partial charge >= 0.3 is 0 Å². The smallest absolute Gasteiger partial charge is 0.0948 e. The molecule has 0 bridgehead atoms. The highest BCUT2D eigenvalue weighted by atomic mass is 16.5. The van der Waals surface area contributed by atoms with E-state index in [4.69, 9.17) is 10.5 Å². The third-order valence-electron chi connectivity index (χ3n) is 4.92. The van der Waals surface area contributed by atoms with E-state index in [9.17, 15) is 0 Å². The molecule has 2 N–H and O–H groups in total. The summed E-state index contributed by atoms with van der Waals surface area (Å²) in [5.41, 5.74) is 8.04. The van der Waals surface area contributed by atoms with E-state index in [0.717, 1.165) is 26.2 Å². The molecule has 2 fully saturated rings. The fourth-order valence-corrected chi connectivity index (χ4v) is 3.62. The van der Waals surface area contributed by atoms with E-state index < -0.39 is 0 Å². The largest absolute Gasteiger partial charge is 0.381 e. The van der Waals surface area contributed by atoms with Crippen LogP contribution in [0.3, 0.4) is 0 Å². The molecular weight excluding hydrogens is 238 g/mol. The highest BCUT2D eigenvalue weighted by molar-refractivity contribution is 5.07. The minimum Gasteiger partial charge on any atom is -0.381 e. The molecule has 0 spiro atoms. The fourth-order valence-electron chi connectivity index (χ4n) is 3.62. The summed E-state index contributed by atoms with van der Waals surface area (Å²) >= 11 is 0. The number of imidazole rings is 1. The second-order valence-electron chi connectivity index (χ2n) is 6.61. The lowest BCUT2D eigenvalue weighted by atomic mass is 9.88. The van der Waals surface area contributed by atoms with Crippen LogP contribution in [0.25, 0.3) is 0 Å². The topological polar surface area (TPSA) is 53.1 Å². The molecule has 1 saturated carbocycles. The predicted octanol–water partition coefficient (Wildman–Crippen LogP) is 2.50. The van der Waals surface area contributed by atoms with Crippen LogP contribution in [0.4, 0.5) is 0 Å². The van der Waals surface area contributed by atoms with E-state index >= 15 is 0 Å². The van der Waals surface area contributed by atoms with E-state index in [1.165, 1.54) is 31.4 Å². The molecule has 4 heteroatoms. The van der Waals surface area contributed by atoms with Gasteiger partial charge < -0.3 is 15.0 Å². The lowest BCUT2D eigenvalue weighted by molar-refractivity contribution is 0.179. The van der Waals surface area contributed by atoms with Crippen molar-refractivity contribution in [3.05, 3.63) is 18.2 Å². The highest BCUT2D eigenvalue weighted by Crippen LogP contribution is 2.39. The molecule has 2 atom stereocenters. The van der Waals surface area contributed by atoms with Crippen molar-refractivity contribution < 1.29 is 4.74 Å². The summed E-state index contributed by atoms with van der Waals surface area (Å²) in [6.45, 7) is 5.10. The third kappa shape index (κ3) is 2.70. The van der Waals surface area contributed by atoms with Crippen molar-refractivity contribution in [1.82, 2.24) is 9.55 Å². The second-order valence-corrected chi connectivity index (χ2v) is 6.61. The predicted molar refractivity (Wildman–Crippen MR) is 74.7 cm³/mol. The van der Waals surface area contributed by atoms with Crippen molar-refractivity contribution in [3.63, 3.8) is 0 Å². The molecule has 1 aliphatic heterocycles. The standard InChI is InChI=1S/C15H25N3O/c1-15(5-2-3-6-15)10-18-11-17-8-13(18)14(16)12-4-7-19-9-12/h8,11-12,14H,2-7,9-10,16H2,1H3. The van der Waals surface area contributed by atoms with Gasteiger partial charge in [0.25, 0.3) is 0 Å². The number of hydrogen-bond donors (Lipinski definition) is 1. The average Bonchev–Trinajstić information content (AvgIpc) is 3.09. The third-order valence-corrected chi connectivity index (χ3v) is 4.92. The Hall–Kier alpha value is -0.870. The molecule has 0 radical (unpaired) electrons. The maximum atomic E-state index is 6.42. The number of nitrogens with zero attached hydrogens (tertiary/aromatic N) is 2. The lowest BCUT2D eigenvalue weighted by Gasteiger charge is -2.27. The van der Waals surface area contributed by atoms with Crippen LogP contribution in [0.1, 0.15) is 50.8 Å². The molecule has 1 aromatic rings. The van der Waals surface area contributed by atoms with Gasteiger partial charge in [0.1, 0.15) is 0 Å². The van der Waals surface area contributed by atoms with Crippen molar-refractivity contribution in [3.8, 4) is 0 Å². The van der Waals surface area contributed by atoms with Crippen molar-refractivity contribution in [2.75, 3.05) is 13.2 Å². The van der Waals surface area contributed by atoms with Gasteiger partial charge in [0.2, 0.25) is 0 Å². The van der Waals surface area contributed by atoms with Crippen LogP contribution < -0.4 is 5.73 Å². The Balaban J connectivity index is 1.74. The van der Waals surface area contributed by atoms with Gasteiger partial charge in [-0.2, -0.15) is 0 Å². The number of rotatable bonds is 4. The van der Waals surface area contributed by atoms with E-state index in [1.54, 1.807) is 0 Å². The van der Waals surface area contributed by atoms with E-state index in [0.29, 0.717) is 11.3 Å². The molecule has 2 aliphatic rings. The molecular formula is C15H25N3O. The van der Waals surface area contributed by atoms with Crippen molar-refractivity contribution in [2.45, 2.75) is 51.6 Å². The summed E-state index contributed by atoms with van der Waals surface area (Å²) in [5, 5.41) is 0. The van der Waals surface area contributed by atoms with Crippen molar-refractivity contribution in [2.24, 2.45) is 17.1 Å². The van der Waals surface area contributed by atoms with Gasteiger partial charge in [-0.1, -0.05) is 19.8 Å². The molecule has 1 saturated heterocycles. The van der Waals surface area contributed by atoms with Crippen molar-refractivity contribution >= 4 is 0 Å². The van der Waals surface area contributed by atoms with E-state index in [2.05, 4.69) is 16.5 Å².